The summed E-state index contributed by atoms with van der Waals surface area (Å²) >= 11 is 0. The molecule has 2 N–H and O–H groups in total. The third-order valence-corrected chi connectivity index (χ3v) is 6.05. The van der Waals surface area contributed by atoms with Gasteiger partial charge in [-0.05, 0) is 36.8 Å². The SMILES string of the molecule is Cc1cncc(Nc2ncc3c(n2)CN(C2CN(C(=O)c4ccc5[nH]nnc5c4)C2)C3)c1. The van der Waals surface area contributed by atoms with Crippen molar-refractivity contribution in [3.05, 3.63) is 65.2 Å². The van der Waals surface area contributed by atoms with Gasteiger partial charge in [0.15, 0.2) is 0 Å². The van der Waals surface area contributed by atoms with Crippen molar-refractivity contribution in [3.8, 4) is 0 Å². The Labute approximate surface area is 183 Å². The minimum Gasteiger partial charge on any atom is -0.335 e. The molecule has 1 fully saturated rings. The van der Waals surface area contributed by atoms with Crippen molar-refractivity contribution < 1.29 is 4.79 Å². The molecule has 1 aromatic carbocycles. The second kappa shape index (κ2) is 7.34. The molecule has 0 saturated carbocycles. The summed E-state index contributed by atoms with van der Waals surface area (Å²) in [5.41, 5.74) is 6.29. The van der Waals surface area contributed by atoms with E-state index < -0.39 is 0 Å². The Morgan fingerprint density at radius 1 is 1.16 bits per heavy atom. The number of pyridine rings is 1. The fourth-order valence-electron chi connectivity index (χ4n) is 4.26. The number of aryl methyl sites for hydroxylation is 1. The molecule has 0 aliphatic carbocycles. The predicted molar refractivity (Wildman–Crippen MR) is 117 cm³/mol. The van der Waals surface area contributed by atoms with Crippen LogP contribution in [0.4, 0.5) is 11.6 Å². The quantitative estimate of drug-likeness (QED) is 0.508. The van der Waals surface area contributed by atoms with Gasteiger partial charge in [-0.15, -0.1) is 5.10 Å². The average molecular weight is 427 g/mol. The second-order valence-corrected chi connectivity index (χ2v) is 8.35. The summed E-state index contributed by atoms with van der Waals surface area (Å²) in [4.78, 5) is 30.4. The number of rotatable bonds is 4. The lowest BCUT2D eigenvalue weighted by atomic mass is 10.0. The van der Waals surface area contributed by atoms with Gasteiger partial charge in [-0.25, -0.2) is 9.97 Å². The lowest BCUT2D eigenvalue weighted by Gasteiger charge is -2.44. The first-order valence-corrected chi connectivity index (χ1v) is 10.5. The van der Waals surface area contributed by atoms with E-state index in [-0.39, 0.29) is 5.91 Å². The van der Waals surface area contributed by atoms with Crippen LogP contribution in [0, 0.1) is 6.92 Å². The molecule has 5 heterocycles. The molecule has 1 saturated heterocycles. The molecule has 0 bridgehead atoms. The van der Waals surface area contributed by atoms with Crippen LogP contribution in [0.3, 0.4) is 0 Å². The number of aromatic amines is 1. The Morgan fingerprint density at radius 2 is 2.06 bits per heavy atom. The van der Waals surface area contributed by atoms with Crippen LogP contribution in [-0.4, -0.2) is 65.2 Å². The van der Waals surface area contributed by atoms with Gasteiger partial charge in [0.2, 0.25) is 5.95 Å². The third kappa shape index (κ3) is 3.34. The van der Waals surface area contributed by atoms with E-state index in [1.807, 2.05) is 42.4 Å². The van der Waals surface area contributed by atoms with E-state index in [2.05, 4.69) is 35.6 Å². The number of fused-ring (bicyclic) bond motifs is 2. The predicted octanol–water partition coefficient (Wildman–Crippen LogP) is 2.04. The minimum atomic E-state index is 0.0286. The van der Waals surface area contributed by atoms with Crippen LogP contribution in [-0.2, 0) is 13.1 Å². The number of nitrogens with one attached hydrogen (secondary N) is 2. The highest BCUT2D eigenvalue weighted by atomic mass is 16.2. The molecule has 4 aromatic rings. The molecule has 10 heteroatoms. The second-order valence-electron chi connectivity index (χ2n) is 8.35. The molecule has 2 aliphatic heterocycles. The maximum atomic E-state index is 12.8. The Kier molecular flexibility index (Phi) is 4.32. The van der Waals surface area contributed by atoms with Crippen molar-refractivity contribution in [1.82, 2.24) is 40.2 Å². The third-order valence-electron chi connectivity index (χ3n) is 6.05. The van der Waals surface area contributed by atoms with Gasteiger partial charge in [-0.2, -0.15) is 0 Å². The number of hydrogen-bond acceptors (Lipinski definition) is 8. The van der Waals surface area contributed by atoms with Crippen LogP contribution < -0.4 is 5.32 Å². The summed E-state index contributed by atoms with van der Waals surface area (Å²) in [6.07, 6.45) is 5.46. The maximum Gasteiger partial charge on any atom is 0.254 e. The largest absolute Gasteiger partial charge is 0.335 e. The van der Waals surface area contributed by atoms with Crippen LogP contribution in [0.5, 0.6) is 0 Å². The molecule has 0 unspecified atom stereocenters. The van der Waals surface area contributed by atoms with Gasteiger partial charge in [-0.3, -0.25) is 19.8 Å². The summed E-state index contributed by atoms with van der Waals surface area (Å²) in [6.45, 7) is 4.97. The fraction of sp³-hybridized carbons (Fsp3) is 0.273. The molecule has 0 radical (unpaired) electrons. The zero-order valence-electron chi connectivity index (χ0n) is 17.5. The van der Waals surface area contributed by atoms with Gasteiger partial charge in [0.05, 0.1) is 23.1 Å². The fourth-order valence-corrected chi connectivity index (χ4v) is 4.26. The lowest BCUT2D eigenvalue weighted by molar-refractivity contribution is 0.0249. The Hall–Kier alpha value is -3.92. The van der Waals surface area contributed by atoms with E-state index in [0.717, 1.165) is 41.1 Å². The molecule has 32 heavy (non-hydrogen) atoms. The molecular formula is C22H21N9O. The molecule has 3 aromatic heterocycles. The van der Waals surface area contributed by atoms with Gasteiger partial charge in [0, 0.05) is 55.7 Å². The van der Waals surface area contributed by atoms with Crippen molar-refractivity contribution in [3.63, 3.8) is 0 Å². The zero-order valence-corrected chi connectivity index (χ0v) is 17.5. The van der Waals surface area contributed by atoms with Crippen molar-refractivity contribution in [2.75, 3.05) is 18.4 Å². The van der Waals surface area contributed by atoms with Crippen LogP contribution in [0.1, 0.15) is 27.2 Å². The highest BCUT2D eigenvalue weighted by Gasteiger charge is 2.38. The van der Waals surface area contributed by atoms with Crippen LogP contribution >= 0.6 is 0 Å². The molecule has 0 spiro atoms. The molecule has 160 valence electrons. The zero-order chi connectivity index (χ0) is 21.7. The monoisotopic (exact) mass is 427 g/mol. The number of likely N-dealkylation sites (tertiary alicyclic amines) is 1. The normalized spacial score (nSPS) is 16.2. The average Bonchev–Trinajstić information content (AvgIpc) is 3.38. The number of amides is 1. The van der Waals surface area contributed by atoms with Crippen LogP contribution in [0.25, 0.3) is 11.0 Å². The number of carbonyl (C=O) groups excluding carboxylic acids is 1. The number of carbonyl (C=O) groups is 1. The number of nitrogens with zero attached hydrogens (tertiary/aromatic N) is 7. The van der Waals surface area contributed by atoms with Crippen LogP contribution in [0.15, 0.2) is 42.9 Å². The van der Waals surface area contributed by atoms with Gasteiger partial charge in [-0.1, -0.05) is 5.21 Å². The van der Waals surface area contributed by atoms with E-state index in [0.29, 0.717) is 36.2 Å². The van der Waals surface area contributed by atoms with Crippen LogP contribution in [0.2, 0.25) is 0 Å². The highest BCUT2D eigenvalue weighted by molar-refractivity contribution is 5.97. The number of hydrogen-bond donors (Lipinski definition) is 2. The first kappa shape index (κ1) is 18.8. The van der Waals surface area contributed by atoms with E-state index >= 15 is 0 Å². The number of aromatic nitrogens is 6. The lowest BCUT2D eigenvalue weighted by Crippen LogP contribution is -2.59. The molecule has 6 rings (SSSR count). The number of H-pyrrole nitrogens is 1. The smallest absolute Gasteiger partial charge is 0.254 e. The van der Waals surface area contributed by atoms with E-state index in [4.69, 9.17) is 4.98 Å². The maximum absolute atomic E-state index is 12.8. The topological polar surface area (TPSA) is 116 Å². The molecule has 2 aliphatic rings. The molecular weight excluding hydrogens is 406 g/mol. The summed E-state index contributed by atoms with van der Waals surface area (Å²) in [5.74, 6) is 0.604. The summed E-state index contributed by atoms with van der Waals surface area (Å²) < 4.78 is 0. The molecule has 1 amide bonds. The van der Waals surface area contributed by atoms with E-state index in [1.165, 1.54) is 0 Å². The molecule has 10 nitrogen and oxygen atoms in total. The first-order valence-electron chi connectivity index (χ1n) is 10.5. The molecule has 0 atom stereocenters. The first-order chi connectivity index (χ1) is 15.6. The highest BCUT2D eigenvalue weighted by Crippen LogP contribution is 2.28. The minimum absolute atomic E-state index is 0.0286. The Balaban J connectivity index is 1.09. The van der Waals surface area contributed by atoms with E-state index in [9.17, 15) is 4.79 Å². The van der Waals surface area contributed by atoms with Gasteiger partial charge < -0.3 is 10.2 Å². The standard InChI is InChI=1S/C22H21N9O/c1-13-4-16(8-23-6-13)25-22-24-7-15-9-30(12-20(15)26-22)17-10-31(11-17)21(32)14-2-3-18-19(5-14)28-29-27-18/h2-8,17H,9-12H2,1H3,(H,24,25,26)(H,27,28,29). The summed E-state index contributed by atoms with van der Waals surface area (Å²) in [5, 5.41) is 13.8. The van der Waals surface area contributed by atoms with Gasteiger partial charge in [0.25, 0.3) is 5.91 Å². The van der Waals surface area contributed by atoms with Gasteiger partial charge in [0.1, 0.15) is 5.52 Å². The van der Waals surface area contributed by atoms with Crippen molar-refractivity contribution in [1.29, 1.82) is 0 Å². The van der Waals surface area contributed by atoms with Crippen molar-refractivity contribution in [2.24, 2.45) is 0 Å². The van der Waals surface area contributed by atoms with Crippen molar-refractivity contribution >= 4 is 28.6 Å². The van der Waals surface area contributed by atoms with Gasteiger partial charge >= 0.3 is 0 Å². The van der Waals surface area contributed by atoms with E-state index in [1.54, 1.807) is 12.3 Å². The summed E-state index contributed by atoms with van der Waals surface area (Å²) in [7, 11) is 0. The Bertz CT molecular complexity index is 1330. The Morgan fingerprint density at radius 3 is 2.94 bits per heavy atom. The number of anilines is 2. The number of benzene rings is 1. The summed E-state index contributed by atoms with van der Waals surface area (Å²) in [6, 6.07) is 7.77. The van der Waals surface area contributed by atoms with Crippen molar-refractivity contribution in [2.45, 2.75) is 26.1 Å².